The van der Waals surface area contributed by atoms with Gasteiger partial charge in [-0.3, -0.25) is 0 Å². The van der Waals surface area contributed by atoms with Gasteiger partial charge in [-0.1, -0.05) is 13.8 Å². The van der Waals surface area contributed by atoms with Gasteiger partial charge in [0.25, 0.3) is 0 Å². The summed E-state index contributed by atoms with van der Waals surface area (Å²) < 4.78 is 6.87. The maximum absolute atomic E-state index is 5.88. The summed E-state index contributed by atoms with van der Waals surface area (Å²) in [7, 11) is 0. The van der Waals surface area contributed by atoms with Gasteiger partial charge in [0.15, 0.2) is 5.75 Å². The number of halogens is 1. The van der Waals surface area contributed by atoms with Crippen LogP contribution in [0.3, 0.4) is 0 Å². The fourth-order valence-corrected chi connectivity index (χ4v) is 1.96. The standard InChI is InChI=1S/C11H14INO/c1-7(2)9-5-6-13-11(12)10(9)14-8-3-4-8/h5-8H,3-4H2,1-2H3. The van der Waals surface area contributed by atoms with E-state index in [9.17, 15) is 0 Å². The van der Waals surface area contributed by atoms with Gasteiger partial charge in [-0.05, 0) is 47.4 Å². The molecule has 76 valence electrons. The molecule has 0 radical (unpaired) electrons. The number of ether oxygens (including phenoxy) is 1. The lowest BCUT2D eigenvalue weighted by Crippen LogP contribution is -2.04. The van der Waals surface area contributed by atoms with Gasteiger partial charge in [-0.2, -0.15) is 0 Å². The summed E-state index contributed by atoms with van der Waals surface area (Å²) in [6, 6.07) is 2.06. The minimum Gasteiger partial charge on any atom is -0.487 e. The van der Waals surface area contributed by atoms with Crippen LogP contribution in [0, 0.1) is 3.70 Å². The van der Waals surface area contributed by atoms with E-state index in [1.807, 2.05) is 6.20 Å². The highest BCUT2D eigenvalue weighted by Crippen LogP contribution is 2.34. The Labute approximate surface area is 98.2 Å². The normalized spacial score (nSPS) is 16.0. The maximum Gasteiger partial charge on any atom is 0.155 e. The second-order valence-electron chi connectivity index (χ2n) is 3.99. The third-order valence-electron chi connectivity index (χ3n) is 2.32. The van der Waals surface area contributed by atoms with E-state index in [1.54, 1.807) is 0 Å². The molecule has 14 heavy (non-hydrogen) atoms. The van der Waals surface area contributed by atoms with Crippen LogP contribution in [-0.4, -0.2) is 11.1 Å². The highest BCUT2D eigenvalue weighted by Gasteiger charge is 2.26. The Hall–Kier alpha value is -0.320. The molecule has 3 heteroatoms. The lowest BCUT2D eigenvalue weighted by molar-refractivity contribution is 0.295. The van der Waals surface area contributed by atoms with Gasteiger partial charge >= 0.3 is 0 Å². The highest BCUT2D eigenvalue weighted by atomic mass is 127. The molecular formula is C11H14INO. The molecule has 1 heterocycles. The van der Waals surface area contributed by atoms with Crippen molar-refractivity contribution in [1.29, 1.82) is 0 Å². The zero-order valence-corrected chi connectivity index (χ0v) is 10.6. The van der Waals surface area contributed by atoms with Crippen molar-refractivity contribution in [3.05, 3.63) is 21.5 Å². The average Bonchev–Trinajstić information content (AvgIpc) is 2.91. The molecule has 1 aromatic heterocycles. The number of rotatable bonds is 3. The van der Waals surface area contributed by atoms with Gasteiger partial charge < -0.3 is 4.74 Å². The van der Waals surface area contributed by atoms with E-state index >= 15 is 0 Å². The zero-order chi connectivity index (χ0) is 10.1. The number of hydrogen-bond acceptors (Lipinski definition) is 2. The number of nitrogens with zero attached hydrogens (tertiary/aromatic N) is 1. The van der Waals surface area contributed by atoms with Crippen LogP contribution in [0.4, 0.5) is 0 Å². The first kappa shape index (κ1) is 10.2. The summed E-state index contributed by atoms with van der Waals surface area (Å²) in [5.41, 5.74) is 1.27. The SMILES string of the molecule is CC(C)c1ccnc(I)c1OC1CC1. The van der Waals surface area contributed by atoms with Crippen LogP contribution < -0.4 is 4.74 Å². The van der Waals surface area contributed by atoms with Gasteiger partial charge in [0.1, 0.15) is 3.70 Å². The lowest BCUT2D eigenvalue weighted by atomic mass is 10.0. The highest BCUT2D eigenvalue weighted by molar-refractivity contribution is 14.1. The summed E-state index contributed by atoms with van der Waals surface area (Å²) in [5, 5.41) is 0. The molecule has 0 spiro atoms. The van der Waals surface area contributed by atoms with Gasteiger partial charge in [0.05, 0.1) is 6.10 Å². The minimum absolute atomic E-state index is 0.449. The van der Waals surface area contributed by atoms with Crippen LogP contribution in [-0.2, 0) is 0 Å². The van der Waals surface area contributed by atoms with Crippen molar-refractivity contribution < 1.29 is 4.74 Å². The number of pyridine rings is 1. The predicted octanol–water partition coefficient (Wildman–Crippen LogP) is 3.35. The maximum atomic E-state index is 5.88. The molecule has 2 nitrogen and oxygen atoms in total. The van der Waals surface area contributed by atoms with E-state index < -0.39 is 0 Å². The van der Waals surface area contributed by atoms with Crippen molar-refractivity contribution in [2.24, 2.45) is 0 Å². The van der Waals surface area contributed by atoms with Crippen LogP contribution in [0.25, 0.3) is 0 Å². The monoisotopic (exact) mass is 303 g/mol. The molecule has 0 saturated heterocycles. The summed E-state index contributed by atoms with van der Waals surface area (Å²) in [6.45, 7) is 4.37. The molecule has 1 aliphatic rings. The van der Waals surface area contributed by atoms with Crippen LogP contribution >= 0.6 is 22.6 Å². The first-order chi connectivity index (χ1) is 6.68. The van der Waals surface area contributed by atoms with Crippen molar-refractivity contribution >= 4 is 22.6 Å². The zero-order valence-electron chi connectivity index (χ0n) is 8.46. The summed E-state index contributed by atoms with van der Waals surface area (Å²) >= 11 is 2.24. The molecule has 0 atom stereocenters. The Morgan fingerprint density at radius 2 is 2.21 bits per heavy atom. The average molecular weight is 303 g/mol. The van der Waals surface area contributed by atoms with Crippen LogP contribution in [0.2, 0.25) is 0 Å². The Kier molecular flexibility index (Phi) is 2.95. The van der Waals surface area contributed by atoms with E-state index in [-0.39, 0.29) is 0 Å². The topological polar surface area (TPSA) is 22.1 Å². The quantitative estimate of drug-likeness (QED) is 0.631. The van der Waals surface area contributed by atoms with E-state index in [0.29, 0.717) is 12.0 Å². The fourth-order valence-electron chi connectivity index (χ4n) is 1.36. The van der Waals surface area contributed by atoms with E-state index in [2.05, 4.69) is 47.5 Å². The van der Waals surface area contributed by atoms with Gasteiger partial charge in [-0.25, -0.2) is 4.98 Å². The smallest absolute Gasteiger partial charge is 0.155 e. The molecule has 1 aromatic rings. The molecular weight excluding hydrogens is 289 g/mol. The molecule has 0 N–H and O–H groups in total. The Bertz CT molecular complexity index is 334. The minimum atomic E-state index is 0.449. The van der Waals surface area contributed by atoms with E-state index in [1.165, 1.54) is 18.4 Å². The number of hydrogen-bond donors (Lipinski definition) is 0. The molecule has 0 bridgehead atoms. The Morgan fingerprint density at radius 3 is 2.79 bits per heavy atom. The van der Waals surface area contributed by atoms with Crippen molar-refractivity contribution in [2.75, 3.05) is 0 Å². The van der Waals surface area contributed by atoms with Crippen LogP contribution in [0.5, 0.6) is 5.75 Å². The summed E-state index contributed by atoms with van der Waals surface area (Å²) in [5.74, 6) is 1.51. The van der Waals surface area contributed by atoms with Gasteiger partial charge in [-0.15, -0.1) is 0 Å². The van der Waals surface area contributed by atoms with E-state index in [0.717, 1.165) is 9.45 Å². The molecule has 0 unspecified atom stereocenters. The molecule has 0 aliphatic heterocycles. The number of aromatic nitrogens is 1. The first-order valence-electron chi connectivity index (χ1n) is 4.99. The summed E-state index contributed by atoms with van der Waals surface area (Å²) in [4.78, 5) is 4.26. The van der Waals surface area contributed by atoms with Crippen molar-refractivity contribution in [3.8, 4) is 5.75 Å². The van der Waals surface area contributed by atoms with Gasteiger partial charge in [0, 0.05) is 11.8 Å². The van der Waals surface area contributed by atoms with Crippen molar-refractivity contribution in [3.63, 3.8) is 0 Å². The summed E-state index contributed by atoms with van der Waals surface area (Å²) in [6.07, 6.45) is 4.70. The first-order valence-corrected chi connectivity index (χ1v) is 6.07. The van der Waals surface area contributed by atoms with Crippen LogP contribution in [0.15, 0.2) is 12.3 Å². The molecule has 1 fully saturated rings. The molecule has 2 rings (SSSR count). The van der Waals surface area contributed by atoms with Crippen molar-refractivity contribution in [2.45, 2.75) is 38.7 Å². The molecule has 0 aromatic carbocycles. The van der Waals surface area contributed by atoms with Crippen molar-refractivity contribution in [1.82, 2.24) is 4.98 Å². The Morgan fingerprint density at radius 1 is 1.50 bits per heavy atom. The second kappa shape index (κ2) is 4.04. The van der Waals surface area contributed by atoms with E-state index in [4.69, 9.17) is 4.74 Å². The second-order valence-corrected chi connectivity index (χ2v) is 5.01. The predicted molar refractivity (Wildman–Crippen MR) is 64.7 cm³/mol. The molecule has 1 aliphatic carbocycles. The third-order valence-corrected chi connectivity index (χ3v) is 3.09. The largest absolute Gasteiger partial charge is 0.487 e. The van der Waals surface area contributed by atoms with Crippen LogP contribution in [0.1, 0.15) is 38.2 Å². The molecule has 1 saturated carbocycles. The lowest BCUT2D eigenvalue weighted by Gasteiger charge is -2.14. The fraction of sp³-hybridized carbons (Fsp3) is 0.545. The molecule has 0 amide bonds. The van der Waals surface area contributed by atoms with Gasteiger partial charge in [0.2, 0.25) is 0 Å². The Balaban J connectivity index is 2.31. The third kappa shape index (κ3) is 2.19.